The highest BCUT2D eigenvalue weighted by atomic mass is 31.2. The second kappa shape index (κ2) is 48.2. The minimum absolute atomic E-state index is 0.00612. The van der Waals surface area contributed by atoms with Crippen LogP contribution in [0.1, 0.15) is 200 Å². The van der Waals surface area contributed by atoms with Gasteiger partial charge in [0.25, 0.3) is 7.82 Å². The maximum atomic E-state index is 12.9. The van der Waals surface area contributed by atoms with Crippen LogP contribution in [0.15, 0.2) is 109 Å². The van der Waals surface area contributed by atoms with E-state index in [4.69, 9.17) is 9.05 Å². The van der Waals surface area contributed by atoms with Crippen molar-refractivity contribution >= 4 is 13.7 Å². The normalized spacial score (nSPS) is 14.9. The fraction of sp³-hybridized carbons (Fsp3) is 0.672. The fourth-order valence-electron chi connectivity index (χ4n) is 7.05. The van der Waals surface area contributed by atoms with Crippen molar-refractivity contribution in [2.75, 3.05) is 40.9 Å². The van der Waals surface area contributed by atoms with Gasteiger partial charge in [0, 0.05) is 6.42 Å². The van der Waals surface area contributed by atoms with Crippen molar-refractivity contribution in [3.63, 3.8) is 0 Å². The molecule has 0 radical (unpaired) electrons. The van der Waals surface area contributed by atoms with E-state index in [1.807, 2.05) is 27.2 Å². The van der Waals surface area contributed by atoms with Crippen LogP contribution in [0.25, 0.3) is 0 Å². The van der Waals surface area contributed by atoms with Gasteiger partial charge in [0.1, 0.15) is 13.2 Å². The van der Waals surface area contributed by atoms with Crippen LogP contribution < -0.4 is 10.2 Å². The summed E-state index contributed by atoms with van der Waals surface area (Å²) in [6, 6.07) is -0.891. The van der Waals surface area contributed by atoms with Gasteiger partial charge in [0.05, 0.1) is 39.9 Å². The summed E-state index contributed by atoms with van der Waals surface area (Å²) in [6.07, 6.45) is 70.4. The van der Waals surface area contributed by atoms with Crippen LogP contribution in [0.4, 0.5) is 0 Å². The molecule has 0 heterocycles. The molecule has 0 rings (SSSR count). The smallest absolute Gasteiger partial charge is 0.268 e. The molecule has 0 saturated carbocycles. The summed E-state index contributed by atoms with van der Waals surface area (Å²) in [7, 11) is 1.24. The number of hydrogen-bond donors (Lipinski definition) is 2. The number of phosphoric ester groups is 1. The summed E-state index contributed by atoms with van der Waals surface area (Å²) in [4.78, 5) is 25.3. The quantitative estimate of drug-likeness (QED) is 0.0272. The van der Waals surface area contributed by atoms with Crippen LogP contribution in [0, 0.1) is 0 Å². The third-order valence-corrected chi connectivity index (χ3v) is 12.2. The number of aliphatic hydroxyl groups excluding tert-OH is 1. The number of allylic oxidation sites excluding steroid dienone is 17. The van der Waals surface area contributed by atoms with Gasteiger partial charge in [0.15, 0.2) is 0 Å². The summed E-state index contributed by atoms with van der Waals surface area (Å²) >= 11 is 0. The number of likely N-dealkylation sites (N-methyl/N-ethyl adjacent to an activating group) is 1. The van der Waals surface area contributed by atoms with Gasteiger partial charge in [-0.1, -0.05) is 220 Å². The van der Waals surface area contributed by atoms with Crippen LogP contribution in [-0.4, -0.2) is 68.5 Å². The first-order valence-corrected chi connectivity index (χ1v) is 28.2. The molecular weight excluding hydrogens is 852 g/mol. The second-order valence-corrected chi connectivity index (χ2v) is 20.3. The average molecular weight is 953 g/mol. The van der Waals surface area contributed by atoms with Crippen molar-refractivity contribution in [3.8, 4) is 0 Å². The first-order valence-electron chi connectivity index (χ1n) is 26.7. The molecule has 9 heteroatoms. The van der Waals surface area contributed by atoms with Crippen LogP contribution >= 0.6 is 7.82 Å². The van der Waals surface area contributed by atoms with E-state index in [0.717, 1.165) is 89.9 Å². The highest BCUT2D eigenvalue weighted by Gasteiger charge is 2.23. The Morgan fingerprint density at radius 2 is 0.910 bits per heavy atom. The van der Waals surface area contributed by atoms with Crippen LogP contribution in [0.5, 0.6) is 0 Å². The zero-order valence-electron chi connectivity index (χ0n) is 43.6. The summed E-state index contributed by atoms with van der Waals surface area (Å²) in [5.41, 5.74) is 0. The number of carbonyl (C=O) groups is 1. The third kappa shape index (κ3) is 50.9. The van der Waals surface area contributed by atoms with E-state index in [1.165, 1.54) is 89.9 Å². The molecule has 384 valence electrons. The van der Waals surface area contributed by atoms with E-state index < -0.39 is 20.0 Å². The molecule has 0 bridgehead atoms. The highest BCUT2D eigenvalue weighted by molar-refractivity contribution is 7.45. The van der Waals surface area contributed by atoms with E-state index in [1.54, 1.807) is 6.08 Å². The van der Waals surface area contributed by atoms with Crippen molar-refractivity contribution in [3.05, 3.63) is 109 Å². The molecular formula is C58H101N2O6P. The lowest BCUT2D eigenvalue weighted by molar-refractivity contribution is -0.870. The Kier molecular flexibility index (Phi) is 46.2. The molecule has 0 aliphatic heterocycles. The van der Waals surface area contributed by atoms with Crippen molar-refractivity contribution < 1.29 is 32.9 Å². The summed E-state index contributed by atoms with van der Waals surface area (Å²) in [5, 5.41) is 13.7. The molecule has 0 aromatic rings. The Morgan fingerprint density at radius 1 is 0.537 bits per heavy atom. The molecule has 0 aromatic carbocycles. The minimum atomic E-state index is -4.59. The van der Waals surface area contributed by atoms with E-state index >= 15 is 0 Å². The fourth-order valence-corrected chi connectivity index (χ4v) is 7.77. The highest BCUT2D eigenvalue weighted by Crippen LogP contribution is 2.38. The van der Waals surface area contributed by atoms with Gasteiger partial charge < -0.3 is 28.8 Å². The maximum absolute atomic E-state index is 12.9. The standard InChI is InChI=1S/C58H101N2O6P/c1-6-8-10-12-14-16-17-18-19-20-21-22-23-24-25-26-27-28-29-30-31-32-33-34-35-36-37-38-39-40-41-42-43-44-46-48-50-52-58(62)59-56(55-66-67(63,64)65-54-53-60(3,4)5)57(61)51-49-47-45-15-13-11-9-7-2/h8,10,14,16,18-19,21-22,24-25,27-28,30-31,33-34,49,51,56-57,61H,6-7,9,11-13,15,17,20,23,26,29,32,35-48,50,52-55H2,1-5H3,(H-,59,62,63,64)/b10-8-,16-14-,19-18-,22-21-,25-24-,28-27-,31-30-,34-33-,51-49+. The zero-order chi connectivity index (χ0) is 49.2. The molecule has 3 atom stereocenters. The number of phosphoric acid groups is 1. The number of carbonyl (C=O) groups excluding carboxylic acids is 1. The summed E-state index contributed by atoms with van der Waals surface area (Å²) < 4.78 is 23.2. The van der Waals surface area contributed by atoms with Crippen molar-refractivity contribution in [1.82, 2.24) is 5.32 Å². The monoisotopic (exact) mass is 953 g/mol. The van der Waals surface area contributed by atoms with Crippen molar-refractivity contribution in [1.29, 1.82) is 0 Å². The lowest BCUT2D eigenvalue weighted by atomic mass is 10.0. The van der Waals surface area contributed by atoms with E-state index in [9.17, 15) is 19.4 Å². The number of unbranched alkanes of at least 4 members (excludes halogenated alkanes) is 18. The molecule has 0 aromatic heterocycles. The van der Waals surface area contributed by atoms with Crippen molar-refractivity contribution in [2.24, 2.45) is 0 Å². The van der Waals surface area contributed by atoms with E-state index in [-0.39, 0.29) is 19.1 Å². The Morgan fingerprint density at radius 3 is 1.33 bits per heavy atom. The molecule has 0 spiro atoms. The summed E-state index contributed by atoms with van der Waals surface area (Å²) in [5.74, 6) is -0.208. The van der Waals surface area contributed by atoms with Gasteiger partial charge >= 0.3 is 0 Å². The molecule has 8 nitrogen and oxygen atoms in total. The van der Waals surface area contributed by atoms with Crippen molar-refractivity contribution in [2.45, 2.75) is 212 Å². The largest absolute Gasteiger partial charge is 0.756 e. The second-order valence-electron chi connectivity index (χ2n) is 18.9. The zero-order valence-corrected chi connectivity index (χ0v) is 44.5. The van der Waals surface area contributed by atoms with E-state index in [2.05, 4.69) is 116 Å². The van der Waals surface area contributed by atoms with Gasteiger partial charge in [-0.3, -0.25) is 9.36 Å². The number of nitrogens with one attached hydrogen (secondary N) is 1. The van der Waals surface area contributed by atoms with Gasteiger partial charge in [-0.05, 0) is 83.5 Å². The molecule has 0 saturated heterocycles. The maximum Gasteiger partial charge on any atom is 0.268 e. The van der Waals surface area contributed by atoms with Crippen LogP contribution in [-0.2, 0) is 18.4 Å². The summed E-state index contributed by atoms with van der Waals surface area (Å²) in [6.45, 7) is 4.46. The number of rotatable bonds is 47. The predicted molar refractivity (Wildman–Crippen MR) is 288 cm³/mol. The minimum Gasteiger partial charge on any atom is -0.756 e. The van der Waals surface area contributed by atoms with Crippen LogP contribution in [0.2, 0.25) is 0 Å². The molecule has 0 aliphatic carbocycles. The molecule has 67 heavy (non-hydrogen) atoms. The first kappa shape index (κ1) is 64.2. The Hall–Kier alpha value is -2.84. The Labute approximate surface area is 412 Å². The number of aliphatic hydroxyl groups is 1. The molecule has 0 aliphatic rings. The lowest BCUT2D eigenvalue weighted by Crippen LogP contribution is -2.45. The van der Waals surface area contributed by atoms with Gasteiger partial charge in [0.2, 0.25) is 5.91 Å². The Balaban J connectivity index is 3.99. The van der Waals surface area contributed by atoms with Gasteiger partial charge in [-0.25, -0.2) is 0 Å². The Bertz CT molecular complexity index is 1450. The number of hydrogen-bond acceptors (Lipinski definition) is 6. The average Bonchev–Trinajstić information content (AvgIpc) is 3.29. The van der Waals surface area contributed by atoms with E-state index in [0.29, 0.717) is 17.4 Å². The molecule has 1 amide bonds. The molecule has 0 fully saturated rings. The number of amides is 1. The van der Waals surface area contributed by atoms with Crippen LogP contribution in [0.3, 0.4) is 0 Å². The predicted octanol–water partition coefficient (Wildman–Crippen LogP) is 15.4. The lowest BCUT2D eigenvalue weighted by Gasteiger charge is -2.29. The number of nitrogens with zero attached hydrogens (tertiary/aromatic N) is 1. The van der Waals surface area contributed by atoms with Gasteiger partial charge in [-0.15, -0.1) is 0 Å². The van der Waals surface area contributed by atoms with Gasteiger partial charge in [-0.2, -0.15) is 0 Å². The molecule has 2 N–H and O–H groups in total. The SMILES string of the molecule is CC/C=C\C/C=C\C/C=C\C/C=C\C/C=C\C/C=C\C/C=C\C/C=C\CCCCCCCCCCCCCCC(=O)NC(COP(=O)([O-])OCC[N+](C)(C)C)C(O)/C=C/CCCCCCCC. The first-order chi connectivity index (χ1) is 32.5. The topological polar surface area (TPSA) is 108 Å². The number of quaternary nitrogens is 1. The third-order valence-electron chi connectivity index (χ3n) is 11.2. The molecule has 3 unspecified atom stereocenters.